The molecule has 0 spiro atoms. The minimum Gasteiger partial charge on any atom is -0.393 e. The minimum atomic E-state index is -0.0185. The monoisotopic (exact) mass is 154 g/mol. The first-order valence-corrected chi connectivity index (χ1v) is 4.71. The van der Waals surface area contributed by atoms with Crippen molar-refractivity contribution in [3.8, 4) is 0 Å². The largest absolute Gasteiger partial charge is 0.393 e. The number of aliphatic hydroxyl groups is 1. The molecule has 64 valence electrons. The second-order valence-electron chi connectivity index (χ2n) is 5.06. The first-order valence-electron chi connectivity index (χ1n) is 4.71. The van der Waals surface area contributed by atoms with Crippen LogP contribution in [0.25, 0.3) is 0 Å². The summed E-state index contributed by atoms with van der Waals surface area (Å²) >= 11 is 0. The Kier molecular flexibility index (Phi) is 1.39. The fourth-order valence-corrected chi connectivity index (χ4v) is 3.02. The molecule has 3 saturated carbocycles. The molecule has 0 unspecified atom stereocenters. The molecule has 0 saturated heterocycles. The summed E-state index contributed by atoms with van der Waals surface area (Å²) in [6.07, 6.45) is 2.50. The number of hydrogen-bond donors (Lipinski definition) is 1. The zero-order valence-corrected chi connectivity index (χ0v) is 7.67. The molecule has 0 aliphatic heterocycles. The van der Waals surface area contributed by atoms with Crippen molar-refractivity contribution < 1.29 is 5.11 Å². The van der Waals surface area contributed by atoms with Crippen molar-refractivity contribution in [2.45, 2.75) is 39.7 Å². The molecule has 0 amide bonds. The van der Waals surface area contributed by atoms with E-state index in [4.69, 9.17) is 0 Å². The van der Waals surface area contributed by atoms with Crippen molar-refractivity contribution in [2.24, 2.45) is 23.2 Å². The van der Waals surface area contributed by atoms with E-state index in [9.17, 15) is 5.11 Å². The maximum absolute atomic E-state index is 9.82. The third-order valence-corrected chi connectivity index (χ3v) is 4.20. The van der Waals surface area contributed by atoms with E-state index < -0.39 is 0 Å². The van der Waals surface area contributed by atoms with Crippen LogP contribution in [-0.4, -0.2) is 11.2 Å². The van der Waals surface area contributed by atoms with E-state index in [-0.39, 0.29) is 6.10 Å². The van der Waals surface area contributed by atoms with Crippen LogP contribution in [0.3, 0.4) is 0 Å². The zero-order chi connectivity index (χ0) is 8.22. The van der Waals surface area contributed by atoms with Crippen LogP contribution in [0.5, 0.6) is 0 Å². The highest BCUT2D eigenvalue weighted by molar-refractivity contribution is 5.05. The molecule has 3 rings (SSSR count). The first kappa shape index (κ1) is 7.60. The lowest BCUT2D eigenvalue weighted by atomic mass is 9.46. The van der Waals surface area contributed by atoms with E-state index in [2.05, 4.69) is 20.8 Å². The normalized spacial score (nSPS) is 53.5. The molecule has 3 aliphatic rings. The van der Waals surface area contributed by atoms with Crippen molar-refractivity contribution in [3.63, 3.8) is 0 Å². The van der Waals surface area contributed by atoms with Gasteiger partial charge in [-0.3, -0.25) is 0 Å². The summed E-state index contributed by atoms with van der Waals surface area (Å²) in [5.41, 5.74) is 0.436. The Labute approximate surface area is 68.8 Å². The zero-order valence-electron chi connectivity index (χ0n) is 7.67. The topological polar surface area (TPSA) is 20.2 Å². The molecule has 0 aromatic carbocycles. The van der Waals surface area contributed by atoms with Crippen LogP contribution >= 0.6 is 0 Å². The van der Waals surface area contributed by atoms with Crippen LogP contribution < -0.4 is 0 Å². The van der Waals surface area contributed by atoms with Gasteiger partial charge in [-0.25, -0.2) is 0 Å². The van der Waals surface area contributed by atoms with Gasteiger partial charge in [0.2, 0.25) is 0 Å². The molecule has 3 aliphatic carbocycles. The van der Waals surface area contributed by atoms with Gasteiger partial charge >= 0.3 is 0 Å². The van der Waals surface area contributed by atoms with Gasteiger partial charge in [0.05, 0.1) is 6.10 Å². The van der Waals surface area contributed by atoms with Gasteiger partial charge in [0.1, 0.15) is 0 Å². The van der Waals surface area contributed by atoms with Gasteiger partial charge in [-0.05, 0) is 36.0 Å². The molecule has 0 radical (unpaired) electrons. The number of rotatable bonds is 0. The van der Waals surface area contributed by atoms with Gasteiger partial charge in [-0.15, -0.1) is 0 Å². The smallest absolute Gasteiger partial charge is 0.0599 e. The highest BCUT2D eigenvalue weighted by atomic mass is 16.3. The van der Waals surface area contributed by atoms with E-state index in [0.29, 0.717) is 17.3 Å². The molecule has 0 aromatic heterocycles. The van der Waals surface area contributed by atoms with Crippen molar-refractivity contribution in [3.05, 3.63) is 0 Å². The van der Waals surface area contributed by atoms with Crippen LogP contribution in [-0.2, 0) is 0 Å². The SMILES string of the molecule is C[C@@H]1C[C@H]2C[C@@H]([C@@H]1O)C2(C)C. The second-order valence-corrected chi connectivity index (χ2v) is 5.06. The van der Waals surface area contributed by atoms with Crippen LogP contribution in [0, 0.1) is 23.2 Å². The van der Waals surface area contributed by atoms with E-state index in [1.807, 2.05) is 0 Å². The Morgan fingerprint density at radius 2 is 1.91 bits per heavy atom. The fraction of sp³-hybridized carbons (Fsp3) is 1.00. The molecule has 3 fully saturated rings. The molecule has 1 nitrogen and oxygen atoms in total. The van der Waals surface area contributed by atoms with Crippen molar-refractivity contribution >= 4 is 0 Å². The molecule has 0 heterocycles. The highest BCUT2D eigenvalue weighted by Crippen LogP contribution is 2.60. The summed E-state index contributed by atoms with van der Waals surface area (Å²) in [6.45, 7) is 6.79. The van der Waals surface area contributed by atoms with E-state index in [0.717, 1.165) is 5.92 Å². The molecule has 11 heavy (non-hydrogen) atoms. The van der Waals surface area contributed by atoms with Crippen molar-refractivity contribution in [1.29, 1.82) is 0 Å². The average Bonchev–Trinajstić information content (AvgIpc) is 1.93. The second kappa shape index (κ2) is 2.01. The molecule has 2 bridgehead atoms. The van der Waals surface area contributed by atoms with Crippen LogP contribution in [0.4, 0.5) is 0 Å². The Balaban J connectivity index is 2.17. The number of hydrogen-bond acceptors (Lipinski definition) is 1. The maximum atomic E-state index is 9.82. The summed E-state index contributed by atoms with van der Waals surface area (Å²) in [5.74, 6) is 2.04. The Bertz CT molecular complexity index is 174. The number of fused-ring (bicyclic) bond motifs is 2. The predicted octanol–water partition coefficient (Wildman–Crippen LogP) is 2.05. The van der Waals surface area contributed by atoms with E-state index in [1.165, 1.54) is 12.8 Å². The summed E-state index contributed by atoms with van der Waals surface area (Å²) in [6, 6.07) is 0. The summed E-state index contributed by atoms with van der Waals surface area (Å²) in [5, 5.41) is 9.82. The van der Waals surface area contributed by atoms with Crippen molar-refractivity contribution in [2.75, 3.05) is 0 Å². The van der Waals surface area contributed by atoms with Crippen LogP contribution in [0.2, 0.25) is 0 Å². The van der Waals surface area contributed by atoms with Gasteiger partial charge < -0.3 is 5.11 Å². The van der Waals surface area contributed by atoms with Crippen LogP contribution in [0.1, 0.15) is 33.6 Å². The predicted molar refractivity (Wildman–Crippen MR) is 45.2 cm³/mol. The molecular formula is C10H18O. The first-order chi connectivity index (χ1) is 5.03. The standard InChI is InChI=1S/C10H18O/c1-6-4-7-5-8(9(6)11)10(7,2)3/h6-9,11H,4-5H2,1-3H3/t6-,7+,8+,9-/m1/s1. The molecular weight excluding hydrogens is 136 g/mol. The van der Waals surface area contributed by atoms with Gasteiger partial charge in [0.15, 0.2) is 0 Å². The Morgan fingerprint density at radius 3 is 2.27 bits per heavy atom. The van der Waals surface area contributed by atoms with E-state index >= 15 is 0 Å². The fourth-order valence-electron chi connectivity index (χ4n) is 3.02. The molecule has 0 aromatic rings. The molecule has 1 N–H and O–H groups in total. The Hall–Kier alpha value is -0.0400. The lowest BCUT2D eigenvalue weighted by Gasteiger charge is -2.60. The summed E-state index contributed by atoms with van der Waals surface area (Å²) in [7, 11) is 0. The third kappa shape index (κ3) is 0.807. The molecule has 4 atom stereocenters. The molecule has 1 heteroatoms. The number of aliphatic hydroxyl groups excluding tert-OH is 1. The highest BCUT2D eigenvalue weighted by Gasteiger charge is 2.56. The van der Waals surface area contributed by atoms with Crippen molar-refractivity contribution in [1.82, 2.24) is 0 Å². The van der Waals surface area contributed by atoms with Gasteiger partial charge in [-0.1, -0.05) is 20.8 Å². The van der Waals surface area contributed by atoms with Crippen LogP contribution in [0.15, 0.2) is 0 Å². The summed E-state index contributed by atoms with van der Waals surface area (Å²) < 4.78 is 0. The maximum Gasteiger partial charge on any atom is 0.0599 e. The van der Waals surface area contributed by atoms with Gasteiger partial charge in [0, 0.05) is 0 Å². The minimum absolute atomic E-state index is 0.0185. The average molecular weight is 154 g/mol. The summed E-state index contributed by atoms with van der Waals surface area (Å²) in [4.78, 5) is 0. The van der Waals surface area contributed by atoms with Gasteiger partial charge in [0.25, 0.3) is 0 Å². The third-order valence-electron chi connectivity index (χ3n) is 4.20. The van der Waals surface area contributed by atoms with Gasteiger partial charge in [-0.2, -0.15) is 0 Å². The lowest BCUT2D eigenvalue weighted by molar-refractivity contribution is -0.165. The van der Waals surface area contributed by atoms with E-state index in [1.54, 1.807) is 0 Å². The lowest BCUT2D eigenvalue weighted by Crippen LogP contribution is -2.57. The Morgan fingerprint density at radius 1 is 1.27 bits per heavy atom. The quantitative estimate of drug-likeness (QED) is 0.566.